The maximum absolute atomic E-state index is 15.2. The smallest absolute Gasteiger partial charge is 0.491 e. The van der Waals surface area contributed by atoms with E-state index in [0.29, 0.717) is 104 Å². The van der Waals surface area contributed by atoms with Crippen molar-refractivity contribution in [3.63, 3.8) is 0 Å². The second kappa shape index (κ2) is 59.1. The van der Waals surface area contributed by atoms with E-state index >= 15 is 8.78 Å². The van der Waals surface area contributed by atoms with Crippen LogP contribution in [0.15, 0.2) is 168 Å². The molecule has 0 radical (unpaired) electrons. The van der Waals surface area contributed by atoms with Gasteiger partial charge in [0.1, 0.15) is 17.5 Å². The first-order chi connectivity index (χ1) is 60.5. The van der Waals surface area contributed by atoms with E-state index in [1.807, 2.05) is 12.1 Å². The Hall–Kier alpha value is -7.28. The molecule has 9 nitrogen and oxygen atoms in total. The number of halogens is 12. The normalized spacial score (nSPS) is 17.4. The zero-order valence-electron chi connectivity index (χ0n) is 74.8. The number of carbonyl (C=O) groups is 1. The molecule has 5 fully saturated rings. The van der Waals surface area contributed by atoms with Crippen molar-refractivity contribution in [2.45, 2.75) is 227 Å². The quantitative estimate of drug-likeness (QED) is 0.0135. The van der Waals surface area contributed by atoms with E-state index in [9.17, 15) is 40.6 Å². The van der Waals surface area contributed by atoms with Crippen LogP contribution in [-0.4, -0.2) is 75.9 Å². The molecule has 9 aromatic rings. The average molecular weight is 1850 g/mol. The Morgan fingerprint density at radius 2 is 0.770 bits per heavy atom. The number of alkyl halides is 2. The van der Waals surface area contributed by atoms with Crippen LogP contribution in [0.25, 0.3) is 66.8 Å². The number of esters is 1. The first kappa shape index (κ1) is 107. The van der Waals surface area contributed by atoms with Gasteiger partial charge in [-0.1, -0.05) is 217 Å². The molecule has 4 saturated heterocycles. The number of hydrogen-bond acceptors (Lipinski definition) is 9. The minimum atomic E-state index is -1.02. The third-order valence-electron chi connectivity index (χ3n) is 22.6. The van der Waals surface area contributed by atoms with Crippen molar-refractivity contribution in [1.82, 2.24) is 0 Å². The summed E-state index contributed by atoms with van der Waals surface area (Å²) in [6.45, 7) is 23.6. The molecular weight excluding hydrogens is 1720 g/mol. The molecule has 0 amide bonds. The van der Waals surface area contributed by atoms with E-state index < -0.39 is 46.3 Å². The fraction of sp³-hybridized carbons (Fsp3) is 0.462. The molecule has 4 aliphatic heterocycles. The molecule has 14 rings (SSSR count). The fourth-order valence-corrected chi connectivity index (χ4v) is 15.6. The molecule has 1 aliphatic carbocycles. The summed E-state index contributed by atoms with van der Waals surface area (Å²) in [7, 11) is 0. The van der Waals surface area contributed by atoms with E-state index in [4.69, 9.17) is 56.4 Å². The monoisotopic (exact) mass is 1850 g/mol. The van der Waals surface area contributed by atoms with Gasteiger partial charge in [-0.15, -0.1) is 23.2 Å². The first-order valence-corrected chi connectivity index (χ1v) is 46.7. The number of carbonyl (C=O) groups excluding carboxylic acids is 1. The van der Waals surface area contributed by atoms with Crippen LogP contribution in [0, 0.1) is 77.0 Å². The third-order valence-corrected chi connectivity index (χ3v) is 23.1. The third kappa shape index (κ3) is 34.2. The topological polar surface area (TPSA) is 102 Å². The van der Waals surface area contributed by atoms with Crippen molar-refractivity contribution in [1.29, 1.82) is 0 Å². The Kier molecular flexibility index (Phi) is 50.4. The molecule has 3 atom stereocenters. The molecule has 5 aliphatic rings. The van der Waals surface area contributed by atoms with Gasteiger partial charge in [0.25, 0.3) is 0 Å². The summed E-state index contributed by atoms with van der Waals surface area (Å²) < 4.78 is 167. The van der Waals surface area contributed by atoms with E-state index in [0.717, 1.165) is 77.1 Å². The summed E-state index contributed by atoms with van der Waals surface area (Å²) in [5, 5.41) is 11.4. The van der Waals surface area contributed by atoms with E-state index in [1.54, 1.807) is 124 Å². The van der Waals surface area contributed by atoms with Crippen LogP contribution >= 0.6 is 39.1 Å². The van der Waals surface area contributed by atoms with Gasteiger partial charge in [-0.25, -0.2) is 26.3 Å². The summed E-state index contributed by atoms with van der Waals surface area (Å²) in [6, 6.07) is 43.8. The molecule has 3 unspecified atom stereocenters. The van der Waals surface area contributed by atoms with Gasteiger partial charge < -0.3 is 45.2 Å². The van der Waals surface area contributed by atoms with Crippen LogP contribution in [0.2, 0.25) is 0 Å². The fourth-order valence-electron chi connectivity index (χ4n) is 15.3. The number of rotatable bonds is 27. The summed E-state index contributed by atoms with van der Waals surface area (Å²) in [6.07, 6.45) is 29.2. The summed E-state index contributed by atoms with van der Waals surface area (Å²) >= 11 is 12.7. The number of benzene rings is 9. The van der Waals surface area contributed by atoms with Crippen molar-refractivity contribution in [2.75, 3.05) is 64.8 Å². The number of hydrogen-bond donors (Lipinski definition) is 1. The minimum absolute atomic E-state index is 0. The Morgan fingerprint density at radius 3 is 1.09 bits per heavy atom. The summed E-state index contributed by atoms with van der Waals surface area (Å²) in [5.41, 5.74) is 5.63. The Balaban J connectivity index is 0.000000252. The van der Waals surface area contributed by atoms with Crippen LogP contribution in [0.1, 0.15) is 233 Å². The molecule has 0 bridgehead atoms. The van der Waals surface area contributed by atoms with Crippen molar-refractivity contribution >= 4 is 45.1 Å². The molecule has 1 saturated carbocycles. The number of cyclic esters (lactones) is 1. The molecule has 0 aromatic heterocycles. The zero-order chi connectivity index (χ0) is 90.5. The second-order valence-corrected chi connectivity index (χ2v) is 33.4. The summed E-state index contributed by atoms with van der Waals surface area (Å²) in [4.78, 5) is 10.7. The molecule has 682 valence electrons. The number of aliphatic hydroxyl groups is 1. The minimum Gasteiger partial charge on any atom is -0.491 e. The van der Waals surface area contributed by atoms with Gasteiger partial charge in [0.2, 0.25) is 17.5 Å². The van der Waals surface area contributed by atoms with Crippen LogP contribution in [0.4, 0.5) is 39.5 Å². The number of ether oxygens (including phenoxy) is 7. The standard InChI is InChI=1S/C31H35F3O2.C30H33F3O2.C20H14BrF3O.C10H18O2.2C4H8O.C4H9.CH2Cl2.Li/c1-3-5-6-7-21-16-18-31(35,19-17-21)24-12-13-25(27(32)20-24)22-8-10-23(11-9-22)26-14-15-28(36-4-2)30(34)29(26)33;1-3-5-6-7-20-8-16-27(35-19-20)23-13-14-24(26(31)18-23)21-9-11-22(12-10-21)25-15-17-28(34-4-2)30(33)29(25)32;1-2-25-18-10-9-16(19(23)20(18)24)13-5-3-12(4-6-13)15-8-7-14(21)11-17(15)22;1-2-3-4-5-9-6-7-10(11)12-8-9;2*1-2-4-5-3-1;1-3-4-2;2-1-3;/h8-15,20-21,35H,3-7,16-19H2,1-2H3;9-15,17-18,20,27H,3-8,16,19H2,1-2H3;3-11H,2H2,1H3;9H,2-8H2,1H3;2*1-4H2;1,3-4H2,2H3;1H2;/q;;;;;;-1;;+1. The van der Waals surface area contributed by atoms with E-state index in [-0.39, 0.29) is 102 Å². The van der Waals surface area contributed by atoms with Crippen molar-refractivity contribution in [3.8, 4) is 84.0 Å². The Bertz CT molecular complexity index is 4580. The maximum atomic E-state index is 15.2. The van der Waals surface area contributed by atoms with E-state index in [2.05, 4.69) is 50.5 Å². The molecule has 4 heterocycles. The number of unbranched alkanes of at least 4 members (excludes halogenated alkanes) is 7. The largest absolute Gasteiger partial charge is 1.00 e. The van der Waals surface area contributed by atoms with Crippen molar-refractivity contribution < 1.29 is 101 Å². The van der Waals surface area contributed by atoms with Gasteiger partial charge >= 0.3 is 24.8 Å². The molecule has 0 spiro atoms. The molecule has 9 aromatic carbocycles. The molecule has 1 N–H and O–H groups in total. The van der Waals surface area contributed by atoms with Gasteiger partial charge in [-0.3, -0.25) is 4.79 Å². The van der Waals surface area contributed by atoms with Crippen LogP contribution in [-0.2, 0) is 29.3 Å². The first-order valence-electron chi connectivity index (χ1n) is 44.8. The van der Waals surface area contributed by atoms with Gasteiger partial charge in [0.05, 0.1) is 50.1 Å². The van der Waals surface area contributed by atoms with Crippen LogP contribution in [0.3, 0.4) is 0 Å². The summed E-state index contributed by atoms with van der Waals surface area (Å²) in [5.74, 6) is -5.48. The van der Waals surface area contributed by atoms with Gasteiger partial charge in [-0.05, 0) is 227 Å². The van der Waals surface area contributed by atoms with Crippen LogP contribution in [0.5, 0.6) is 17.2 Å². The van der Waals surface area contributed by atoms with Crippen LogP contribution < -0.4 is 33.1 Å². The molecule has 22 heteroatoms. The average Bonchev–Trinajstić information content (AvgIpc) is 1.06. The second-order valence-electron chi connectivity index (χ2n) is 31.7. The molecular formula is C104H127BrCl2F9LiO9. The van der Waals surface area contributed by atoms with Gasteiger partial charge in [0.15, 0.2) is 34.7 Å². The van der Waals surface area contributed by atoms with Crippen molar-refractivity contribution in [2.24, 2.45) is 17.8 Å². The van der Waals surface area contributed by atoms with Gasteiger partial charge in [-0.2, -0.15) is 19.6 Å². The van der Waals surface area contributed by atoms with Crippen molar-refractivity contribution in [3.05, 3.63) is 239 Å². The zero-order valence-corrected chi connectivity index (χ0v) is 77.9. The SMILES string of the molecule is C1CCOC1.C1CCOC1.CCCCCC1CCC(=O)OC1.CCCCCC1CCC(O)(c2ccc(-c3ccc(-c4ccc(OCC)c(F)c4F)cc3)c(F)c2)CC1.CCCCCC1CCC(c2ccc(-c3ccc(-c4ccc(OCC)c(F)c4F)cc3)c(F)c2)OC1.CCOc1ccc(-c2ccc(-c3ccc(Br)cc3F)cc2)c(F)c1F.ClCCl.[CH2-]CCC.[Li+]. The predicted molar refractivity (Wildman–Crippen MR) is 493 cm³/mol. The van der Waals surface area contributed by atoms with E-state index in [1.165, 1.54) is 158 Å². The maximum Gasteiger partial charge on any atom is 1.00 e. The molecule has 126 heavy (non-hydrogen) atoms. The van der Waals surface area contributed by atoms with Gasteiger partial charge in [0, 0.05) is 70.7 Å². The predicted octanol–water partition coefficient (Wildman–Crippen LogP) is 28.4. The Morgan fingerprint density at radius 1 is 0.421 bits per heavy atom. The Labute approximate surface area is 773 Å².